The average molecular weight is 511 g/mol. The third-order valence-corrected chi connectivity index (χ3v) is 5.97. The Hall–Kier alpha value is -4.08. The van der Waals surface area contributed by atoms with E-state index in [1.54, 1.807) is 75.4 Å². The molecule has 10 heteroatoms. The number of alkyl halides is 2. The lowest BCUT2D eigenvalue weighted by atomic mass is 10.0. The summed E-state index contributed by atoms with van der Waals surface area (Å²) in [6.07, 6.45) is -0.0559. The van der Waals surface area contributed by atoms with Crippen molar-refractivity contribution in [3.8, 4) is 22.5 Å². The number of fused-ring (bicyclic) bond motifs is 1. The number of ether oxygens (including phenoxy) is 1. The molecule has 4 rings (SSSR count). The van der Waals surface area contributed by atoms with Gasteiger partial charge < -0.3 is 15.4 Å². The van der Waals surface area contributed by atoms with Gasteiger partial charge in [-0.15, -0.1) is 0 Å². The molecule has 8 nitrogen and oxygen atoms in total. The van der Waals surface area contributed by atoms with E-state index in [2.05, 4.69) is 5.10 Å². The number of primary amides is 1. The summed E-state index contributed by atoms with van der Waals surface area (Å²) in [7, 11) is 0. The van der Waals surface area contributed by atoms with Crippen LogP contribution in [0, 0.1) is 0 Å². The number of benzene rings is 2. The first-order chi connectivity index (χ1) is 17.4. The molecule has 0 spiro atoms. The number of halogens is 2. The number of esters is 1. The molecule has 0 bridgehead atoms. The van der Waals surface area contributed by atoms with Crippen LogP contribution in [0.25, 0.3) is 22.5 Å². The predicted molar refractivity (Wildman–Crippen MR) is 132 cm³/mol. The minimum absolute atomic E-state index is 0.0239. The van der Waals surface area contributed by atoms with Crippen LogP contribution >= 0.6 is 0 Å². The summed E-state index contributed by atoms with van der Waals surface area (Å²) in [5.41, 5.74) is 7.63. The van der Waals surface area contributed by atoms with Gasteiger partial charge in [0.25, 0.3) is 5.91 Å². The van der Waals surface area contributed by atoms with Crippen LogP contribution in [0.4, 0.5) is 8.78 Å². The zero-order valence-corrected chi connectivity index (χ0v) is 20.8. The molecule has 0 saturated carbocycles. The molecule has 0 fully saturated rings. The van der Waals surface area contributed by atoms with Gasteiger partial charge in [0, 0.05) is 29.7 Å². The summed E-state index contributed by atoms with van der Waals surface area (Å²) in [5, 5.41) is 4.10. The first-order valence-electron chi connectivity index (χ1n) is 11.8. The van der Waals surface area contributed by atoms with Gasteiger partial charge in [-0.25, -0.2) is 4.68 Å². The molecular formula is C27H28F2N4O4. The zero-order chi connectivity index (χ0) is 26.9. The highest BCUT2D eigenvalue weighted by molar-refractivity contribution is 6.01. The third-order valence-electron chi connectivity index (χ3n) is 5.97. The van der Waals surface area contributed by atoms with Crippen molar-refractivity contribution in [3.05, 3.63) is 65.7 Å². The molecule has 0 radical (unpaired) electrons. The van der Waals surface area contributed by atoms with Crippen LogP contribution < -0.4 is 5.73 Å². The van der Waals surface area contributed by atoms with Crippen LogP contribution in [0.15, 0.2) is 54.6 Å². The highest BCUT2D eigenvalue weighted by Gasteiger charge is 2.36. The van der Waals surface area contributed by atoms with Gasteiger partial charge in [0.05, 0.1) is 11.4 Å². The number of rotatable bonds is 8. The second kappa shape index (κ2) is 10.1. The van der Waals surface area contributed by atoms with Crippen molar-refractivity contribution in [1.82, 2.24) is 14.7 Å². The van der Waals surface area contributed by atoms with Crippen LogP contribution in [-0.2, 0) is 20.9 Å². The number of nitrogens with two attached hydrogens (primary N) is 1. The fraction of sp³-hybridized carbons (Fsp3) is 0.333. The van der Waals surface area contributed by atoms with E-state index in [9.17, 15) is 23.2 Å². The summed E-state index contributed by atoms with van der Waals surface area (Å²) in [6, 6.07) is 14.2. The molecule has 2 amide bonds. The van der Waals surface area contributed by atoms with Crippen molar-refractivity contribution in [2.75, 3.05) is 0 Å². The Morgan fingerprint density at radius 3 is 2.41 bits per heavy atom. The van der Waals surface area contributed by atoms with Gasteiger partial charge in [-0.3, -0.25) is 14.4 Å². The molecule has 0 aliphatic carbocycles. The van der Waals surface area contributed by atoms with Crippen molar-refractivity contribution >= 4 is 17.8 Å². The van der Waals surface area contributed by atoms with Crippen LogP contribution in [0.2, 0.25) is 0 Å². The molecule has 0 saturated heterocycles. The summed E-state index contributed by atoms with van der Waals surface area (Å²) in [4.78, 5) is 38.7. The number of hydrogen-bond donors (Lipinski definition) is 1. The molecule has 2 heterocycles. The maximum Gasteiger partial charge on any atom is 0.333 e. The number of hydrogen-bond acceptors (Lipinski definition) is 5. The Balaban J connectivity index is 1.57. The lowest BCUT2D eigenvalue weighted by molar-refractivity contribution is -0.155. The Labute approximate surface area is 213 Å². The largest absolute Gasteiger partial charge is 0.460 e. The predicted octanol–water partition coefficient (Wildman–Crippen LogP) is 4.54. The Morgan fingerprint density at radius 2 is 1.78 bits per heavy atom. The molecular weight excluding hydrogens is 482 g/mol. The number of nitrogens with zero attached hydrogens (tertiary/aromatic N) is 3. The molecule has 194 valence electrons. The Kier molecular flexibility index (Phi) is 7.11. The van der Waals surface area contributed by atoms with Crippen molar-refractivity contribution < 1.29 is 27.9 Å². The van der Waals surface area contributed by atoms with Gasteiger partial charge in [0.1, 0.15) is 11.6 Å². The maximum atomic E-state index is 13.7. The van der Waals surface area contributed by atoms with Gasteiger partial charge in [0.2, 0.25) is 5.91 Å². The van der Waals surface area contributed by atoms with E-state index in [1.165, 1.54) is 4.90 Å². The fourth-order valence-electron chi connectivity index (χ4n) is 4.36. The smallest absolute Gasteiger partial charge is 0.333 e. The second-order valence-electron chi connectivity index (χ2n) is 9.85. The molecule has 1 aliphatic heterocycles. The number of carbonyl (C=O) groups is 3. The standard InChI is InChI=1S/C27H28F2N4O4/c1-27(2,3)37-23(34)12-11-21(24(30)35)32-15-18-13-17(9-10-19(18)25(32)36)20-14-22(33(31-20)26(28)29)16-7-5-4-6-8-16/h4-10,13-14,21,26H,11-12,15H2,1-3H3,(H2,30,35)/t21-/m1/s1. The zero-order valence-electron chi connectivity index (χ0n) is 20.8. The van der Waals surface area contributed by atoms with Crippen molar-refractivity contribution in [2.24, 2.45) is 5.73 Å². The van der Waals surface area contributed by atoms with E-state index in [4.69, 9.17) is 10.5 Å². The topological polar surface area (TPSA) is 108 Å². The molecule has 1 atom stereocenters. The molecule has 1 aromatic heterocycles. The van der Waals surface area contributed by atoms with E-state index >= 15 is 0 Å². The van der Waals surface area contributed by atoms with E-state index in [0.29, 0.717) is 32.6 Å². The van der Waals surface area contributed by atoms with E-state index in [-0.39, 0.29) is 25.1 Å². The van der Waals surface area contributed by atoms with Crippen molar-refractivity contribution in [2.45, 2.75) is 58.3 Å². The minimum atomic E-state index is -2.84. The normalized spacial score (nSPS) is 14.1. The van der Waals surface area contributed by atoms with Gasteiger partial charge >= 0.3 is 12.5 Å². The first kappa shape index (κ1) is 26.0. The van der Waals surface area contributed by atoms with E-state index < -0.39 is 36.0 Å². The first-order valence-corrected chi connectivity index (χ1v) is 11.8. The summed E-state index contributed by atoms with van der Waals surface area (Å²) in [6.45, 7) is 2.47. The minimum Gasteiger partial charge on any atom is -0.460 e. The SMILES string of the molecule is CC(C)(C)OC(=O)CC[C@H](C(N)=O)N1Cc2cc(-c3cc(-c4ccccc4)n(C(F)F)n3)ccc2C1=O. The quantitative estimate of drug-likeness (QED) is 0.448. The van der Waals surface area contributed by atoms with Crippen molar-refractivity contribution in [1.29, 1.82) is 0 Å². The lowest BCUT2D eigenvalue weighted by Crippen LogP contribution is -2.45. The molecule has 3 aromatic rings. The van der Waals surface area contributed by atoms with Gasteiger partial charge in [-0.05, 0) is 51.0 Å². The van der Waals surface area contributed by atoms with Crippen molar-refractivity contribution in [3.63, 3.8) is 0 Å². The summed E-state index contributed by atoms with van der Waals surface area (Å²) < 4.78 is 33.4. The third kappa shape index (κ3) is 5.68. The second-order valence-corrected chi connectivity index (χ2v) is 9.85. The number of carbonyl (C=O) groups excluding carboxylic acids is 3. The highest BCUT2D eigenvalue weighted by Crippen LogP contribution is 2.33. The Morgan fingerprint density at radius 1 is 1.08 bits per heavy atom. The summed E-state index contributed by atoms with van der Waals surface area (Å²) in [5.74, 6) is -1.61. The van der Waals surface area contributed by atoms with Crippen LogP contribution in [0.3, 0.4) is 0 Å². The molecule has 0 unspecified atom stereocenters. The van der Waals surface area contributed by atoms with Crippen LogP contribution in [0.5, 0.6) is 0 Å². The van der Waals surface area contributed by atoms with Crippen LogP contribution in [-0.4, -0.2) is 44.1 Å². The van der Waals surface area contributed by atoms with E-state index in [0.717, 1.165) is 0 Å². The van der Waals surface area contributed by atoms with E-state index in [1.807, 2.05) is 0 Å². The van der Waals surface area contributed by atoms with Gasteiger partial charge in [0.15, 0.2) is 0 Å². The Bertz CT molecular complexity index is 1330. The molecule has 2 N–H and O–H groups in total. The number of aromatic nitrogens is 2. The maximum absolute atomic E-state index is 13.7. The number of amides is 2. The van der Waals surface area contributed by atoms with Gasteiger partial charge in [-0.1, -0.05) is 36.4 Å². The average Bonchev–Trinajstić information content (AvgIpc) is 3.41. The fourth-order valence-corrected chi connectivity index (χ4v) is 4.36. The molecule has 1 aliphatic rings. The van der Waals surface area contributed by atoms with Gasteiger partial charge in [-0.2, -0.15) is 13.9 Å². The molecule has 37 heavy (non-hydrogen) atoms. The van der Waals surface area contributed by atoms with Crippen LogP contribution in [0.1, 0.15) is 56.1 Å². The lowest BCUT2D eigenvalue weighted by Gasteiger charge is -2.25. The molecule has 2 aromatic carbocycles. The highest BCUT2D eigenvalue weighted by atomic mass is 19.3. The summed E-state index contributed by atoms with van der Waals surface area (Å²) >= 11 is 0. The monoisotopic (exact) mass is 510 g/mol.